The normalized spacial score (nSPS) is 13.5. The van der Waals surface area contributed by atoms with Gasteiger partial charge in [0.1, 0.15) is 11.5 Å². The number of pyridine rings is 1. The van der Waals surface area contributed by atoms with Crippen molar-refractivity contribution in [2.45, 2.75) is 13.0 Å². The second-order valence-corrected chi connectivity index (χ2v) is 6.91. The number of para-hydroxylation sites is 1. The van der Waals surface area contributed by atoms with Gasteiger partial charge in [0.15, 0.2) is 0 Å². The number of H-pyrrole nitrogens is 1. The lowest BCUT2D eigenvalue weighted by Gasteiger charge is -2.27. The number of nitrogens with one attached hydrogen (secondary N) is 1. The summed E-state index contributed by atoms with van der Waals surface area (Å²) in [7, 11) is 0. The van der Waals surface area contributed by atoms with Crippen LogP contribution in [-0.4, -0.2) is 32.5 Å². The van der Waals surface area contributed by atoms with Crippen LogP contribution in [0.5, 0.6) is 0 Å². The quantitative estimate of drug-likeness (QED) is 0.579. The fraction of sp³-hybridized carbons (Fsp3) is 0.136. The number of amides is 1. The fourth-order valence-corrected chi connectivity index (χ4v) is 3.69. The van der Waals surface area contributed by atoms with E-state index in [1.165, 1.54) is 12.1 Å². The number of hydrogen-bond donors (Lipinski definition) is 1. The Morgan fingerprint density at radius 2 is 1.96 bits per heavy atom. The van der Waals surface area contributed by atoms with Crippen molar-refractivity contribution in [2.24, 2.45) is 0 Å². The first-order chi connectivity index (χ1) is 13.7. The minimum atomic E-state index is -0.307. The average molecular weight is 372 g/mol. The van der Waals surface area contributed by atoms with Crippen molar-refractivity contribution in [3.63, 3.8) is 0 Å². The number of aromatic amines is 1. The molecule has 2 aromatic carbocycles. The SMILES string of the molecule is O=C(c1ccc2ccccc2n1)N1CCc2[nH]nc(-c3cccc(F)c3)c2C1. The third kappa shape index (κ3) is 2.83. The Morgan fingerprint density at radius 3 is 2.86 bits per heavy atom. The van der Waals surface area contributed by atoms with E-state index in [4.69, 9.17) is 0 Å². The Morgan fingerprint density at radius 1 is 1.07 bits per heavy atom. The molecule has 1 amide bonds. The fourth-order valence-electron chi connectivity index (χ4n) is 3.69. The Hall–Kier alpha value is -3.54. The maximum absolute atomic E-state index is 13.6. The Bertz CT molecular complexity index is 1200. The van der Waals surface area contributed by atoms with Gasteiger partial charge in [-0.2, -0.15) is 5.10 Å². The summed E-state index contributed by atoms with van der Waals surface area (Å²) >= 11 is 0. The molecule has 0 radical (unpaired) electrons. The Labute approximate surface area is 160 Å². The zero-order valence-electron chi connectivity index (χ0n) is 15.0. The van der Waals surface area contributed by atoms with E-state index in [-0.39, 0.29) is 11.7 Å². The molecule has 5 nitrogen and oxygen atoms in total. The number of fused-ring (bicyclic) bond motifs is 2. The van der Waals surface area contributed by atoms with E-state index in [0.717, 1.165) is 22.2 Å². The molecule has 0 spiro atoms. The van der Waals surface area contributed by atoms with Gasteiger partial charge in [0.25, 0.3) is 5.91 Å². The molecule has 0 fully saturated rings. The van der Waals surface area contributed by atoms with Crippen LogP contribution >= 0.6 is 0 Å². The topological polar surface area (TPSA) is 61.9 Å². The number of halogens is 1. The predicted molar refractivity (Wildman–Crippen MR) is 104 cm³/mol. The molecule has 6 heteroatoms. The number of aromatic nitrogens is 3. The van der Waals surface area contributed by atoms with Crippen LogP contribution in [0.25, 0.3) is 22.2 Å². The number of benzene rings is 2. The molecule has 138 valence electrons. The van der Waals surface area contributed by atoms with Crippen LogP contribution in [-0.2, 0) is 13.0 Å². The molecule has 1 N–H and O–H groups in total. The average Bonchev–Trinajstić information content (AvgIpc) is 3.16. The molecule has 0 saturated heterocycles. The van der Waals surface area contributed by atoms with Crippen molar-refractivity contribution < 1.29 is 9.18 Å². The first kappa shape index (κ1) is 16.6. The van der Waals surface area contributed by atoms with Crippen molar-refractivity contribution in [2.75, 3.05) is 6.54 Å². The van der Waals surface area contributed by atoms with Gasteiger partial charge in [-0.15, -0.1) is 0 Å². The van der Waals surface area contributed by atoms with E-state index < -0.39 is 0 Å². The number of carbonyl (C=O) groups is 1. The second-order valence-electron chi connectivity index (χ2n) is 6.91. The molecule has 0 saturated carbocycles. The number of rotatable bonds is 2. The summed E-state index contributed by atoms with van der Waals surface area (Å²) in [5, 5.41) is 8.42. The monoisotopic (exact) mass is 372 g/mol. The van der Waals surface area contributed by atoms with E-state index in [0.29, 0.717) is 36.5 Å². The zero-order chi connectivity index (χ0) is 19.1. The van der Waals surface area contributed by atoms with E-state index in [1.807, 2.05) is 36.4 Å². The maximum atomic E-state index is 13.6. The van der Waals surface area contributed by atoms with E-state index >= 15 is 0 Å². The predicted octanol–water partition coefficient (Wildman–Crippen LogP) is 3.96. The van der Waals surface area contributed by atoms with Crippen molar-refractivity contribution >= 4 is 16.8 Å². The highest BCUT2D eigenvalue weighted by molar-refractivity contribution is 5.95. The molecule has 0 bridgehead atoms. The molecule has 28 heavy (non-hydrogen) atoms. The molecule has 0 aliphatic carbocycles. The third-order valence-electron chi connectivity index (χ3n) is 5.14. The lowest BCUT2D eigenvalue weighted by molar-refractivity contribution is 0.0729. The van der Waals surface area contributed by atoms with Crippen LogP contribution in [0.4, 0.5) is 4.39 Å². The highest BCUT2D eigenvalue weighted by atomic mass is 19.1. The maximum Gasteiger partial charge on any atom is 0.272 e. The standard InChI is InChI=1S/C22H17FN4O/c23-16-6-3-5-15(12-16)21-17-13-27(11-10-19(17)25-26-21)22(28)20-9-8-14-4-1-2-7-18(14)24-20/h1-9,12H,10-11,13H2,(H,25,26). The van der Waals surface area contributed by atoms with Crippen molar-refractivity contribution in [1.29, 1.82) is 0 Å². The molecule has 3 heterocycles. The van der Waals surface area contributed by atoms with Crippen molar-refractivity contribution in [3.05, 3.63) is 83.4 Å². The van der Waals surface area contributed by atoms with Crippen LogP contribution in [0.1, 0.15) is 21.7 Å². The summed E-state index contributed by atoms with van der Waals surface area (Å²) in [5.41, 5.74) is 4.56. The van der Waals surface area contributed by atoms with E-state index in [2.05, 4.69) is 15.2 Å². The molecule has 1 aliphatic rings. The smallest absolute Gasteiger partial charge is 0.272 e. The summed E-state index contributed by atoms with van der Waals surface area (Å²) in [6.07, 6.45) is 0.678. The summed E-state index contributed by atoms with van der Waals surface area (Å²) in [6.45, 7) is 1.01. The Balaban J connectivity index is 1.46. The molecule has 5 rings (SSSR count). The van der Waals surface area contributed by atoms with Gasteiger partial charge >= 0.3 is 0 Å². The lowest BCUT2D eigenvalue weighted by Crippen LogP contribution is -2.36. The first-order valence-electron chi connectivity index (χ1n) is 9.16. The molecular formula is C22H17FN4O. The van der Waals surface area contributed by atoms with Crippen LogP contribution in [0.2, 0.25) is 0 Å². The van der Waals surface area contributed by atoms with Gasteiger partial charge in [-0.1, -0.05) is 36.4 Å². The van der Waals surface area contributed by atoms with Gasteiger partial charge < -0.3 is 4.90 Å². The van der Waals surface area contributed by atoms with Crippen LogP contribution < -0.4 is 0 Å². The van der Waals surface area contributed by atoms with Gasteiger partial charge in [-0.3, -0.25) is 9.89 Å². The summed E-state index contributed by atoms with van der Waals surface area (Å²) in [5.74, 6) is -0.416. The highest BCUT2D eigenvalue weighted by Crippen LogP contribution is 2.29. The van der Waals surface area contributed by atoms with Gasteiger partial charge in [0, 0.05) is 35.2 Å². The van der Waals surface area contributed by atoms with Gasteiger partial charge in [0.05, 0.1) is 17.8 Å². The minimum absolute atomic E-state index is 0.109. The molecule has 2 aromatic heterocycles. The molecule has 0 atom stereocenters. The molecule has 1 aliphatic heterocycles. The molecule has 4 aromatic rings. The molecule has 0 unspecified atom stereocenters. The van der Waals surface area contributed by atoms with Crippen molar-refractivity contribution in [1.82, 2.24) is 20.1 Å². The van der Waals surface area contributed by atoms with Crippen LogP contribution in [0, 0.1) is 5.82 Å². The third-order valence-corrected chi connectivity index (χ3v) is 5.14. The number of hydrogen-bond acceptors (Lipinski definition) is 3. The second kappa shape index (κ2) is 6.56. The zero-order valence-corrected chi connectivity index (χ0v) is 15.0. The minimum Gasteiger partial charge on any atom is -0.332 e. The summed E-state index contributed by atoms with van der Waals surface area (Å²) in [6, 6.07) is 17.8. The van der Waals surface area contributed by atoms with Crippen LogP contribution in [0.3, 0.4) is 0 Å². The highest BCUT2D eigenvalue weighted by Gasteiger charge is 2.27. The van der Waals surface area contributed by atoms with Crippen molar-refractivity contribution in [3.8, 4) is 11.3 Å². The lowest BCUT2D eigenvalue weighted by atomic mass is 10.0. The van der Waals surface area contributed by atoms with Gasteiger partial charge in [-0.05, 0) is 24.3 Å². The van der Waals surface area contributed by atoms with E-state index in [1.54, 1.807) is 17.0 Å². The number of carbonyl (C=O) groups excluding carboxylic acids is 1. The van der Waals surface area contributed by atoms with E-state index in [9.17, 15) is 9.18 Å². The van der Waals surface area contributed by atoms with Gasteiger partial charge in [0.2, 0.25) is 0 Å². The summed E-state index contributed by atoms with van der Waals surface area (Å²) < 4.78 is 13.6. The Kier molecular flexibility index (Phi) is 3.90. The number of nitrogens with zero attached hydrogens (tertiary/aromatic N) is 3. The largest absolute Gasteiger partial charge is 0.332 e. The first-order valence-corrected chi connectivity index (χ1v) is 9.16. The van der Waals surface area contributed by atoms with Gasteiger partial charge in [-0.25, -0.2) is 9.37 Å². The summed E-state index contributed by atoms with van der Waals surface area (Å²) in [4.78, 5) is 19.3. The molecular weight excluding hydrogens is 355 g/mol. The van der Waals surface area contributed by atoms with Crippen LogP contribution in [0.15, 0.2) is 60.7 Å².